The lowest BCUT2D eigenvalue weighted by molar-refractivity contribution is 0.399. The molecule has 0 fully saturated rings. The van der Waals surface area contributed by atoms with E-state index in [0.717, 1.165) is 25.2 Å². The van der Waals surface area contributed by atoms with Crippen LogP contribution in [0.2, 0.25) is 0 Å². The van der Waals surface area contributed by atoms with Crippen molar-refractivity contribution in [3.05, 3.63) is 65.5 Å². The van der Waals surface area contributed by atoms with Gasteiger partial charge in [-0.3, -0.25) is 0 Å². The van der Waals surface area contributed by atoms with Gasteiger partial charge in [-0.15, -0.1) is 0 Å². The summed E-state index contributed by atoms with van der Waals surface area (Å²) in [6, 6.07) is 14.7. The highest BCUT2D eigenvalue weighted by Gasteiger charge is 2.17. The summed E-state index contributed by atoms with van der Waals surface area (Å²) in [5.41, 5.74) is 3.53. The van der Waals surface area contributed by atoms with Crippen LogP contribution in [0, 0.1) is 5.82 Å². The fraction of sp³-hybridized carbons (Fsp3) is 0.188. The van der Waals surface area contributed by atoms with Gasteiger partial charge in [0.25, 0.3) is 0 Å². The first-order valence-electron chi connectivity index (χ1n) is 6.60. The van der Waals surface area contributed by atoms with Crippen LogP contribution >= 0.6 is 12.2 Å². The zero-order valence-electron chi connectivity index (χ0n) is 11.0. The molecule has 3 rings (SSSR count). The molecule has 2 aromatic carbocycles. The Hall–Kier alpha value is -1.94. The highest BCUT2D eigenvalue weighted by molar-refractivity contribution is 7.80. The highest BCUT2D eigenvalue weighted by Crippen LogP contribution is 2.19. The van der Waals surface area contributed by atoms with Crippen LogP contribution in [0.3, 0.4) is 0 Å². The Kier molecular flexibility index (Phi) is 3.65. The van der Waals surface area contributed by atoms with Crippen molar-refractivity contribution in [1.82, 2.24) is 4.90 Å². The smallest absolute Gasteiger partial charge is 0.173 e. The van der Waals surface area contributed by atoms with Gasteiger partial charge < -0.3 is 10.2 Å². The summed E-state index contributed by atoms with van der Waals surface area (Å²) in [5, 5.41) is 3.85. The monoisotopic (exact) mass is 286 g/mol. The summed E-state index contributed by atoms with van der Waals surface area (Å²) in [6.45, 7) is 1.73. The van der Waals surface area contributed by atoms with Gasteiger partial charge in [0.2, 0.25) is 0 Å². The van der Waals surface area contributed by atoms with E-state index in [9.17, 15) is 4.39 Å². The first-order chi connectivity index (χ1) is 9.72. The lowest BCUT2D eigenvalue weighted by atomic mass is 10.0. The number of thiocarbonyl (C=S) groups is 1. The number of fused-ring (bicyclic) bond motifs is 1. The molecule has 0 saturated carbocycles. The number of nitrogens with zero attached hydrogens (tertiary/aromatic N) is 1. The van der Waals surface area contributed by atoms with Crippen LogP contribution in [0.15, 0.2) is 48.5 Å². The maximum absolute atomic E-state index is 12.9. The zero-order chi connectivity index (χ0) is 13.9. The van der Waals surface area contributed by atoms with Crippen molar-refractivity contribution < 1.29 is 4.39 Å². The van der Waals surface area contributed by atoms with E-state index in [1.54, 1.807) is 12.1 Å². The third kappa shape index (κ3) is 2.80. The van der Waals surface area contributed by atoms with E-state index in [4.69, 9.17) is 12.2 Å². The molecule has 1 heterocycles. The van der Waals surface area contributed by atoms with Gasteiger partial charge in [0.05, 0.1) is 0 Å². The molecule has 1 aliphatic heterocycles. The second kappa shape index (κ2) is 5.59. The van der Waals surface area contributed by atoms with Gasteiger partial charge in [0.1, 0.15) is 5.82 Å². The molecule has 0 unspecified atom stereocenters. The lowest BCUT2D eigenvalue weighted by Gasteiger charge is -2.31. The van der Waals surface area contributed by atoms with Crippen molar-refractivity contribution in [2.45, 2.75) is 13.0 Å². The number of anilines is 1. The molecule has 1 N–H and O–H groups in total. The molecule has 2 aromatic rings. The van der Waals surface area contributed by atoms with Crippen LogP contribution in [0.25, 0.3) is 0 Å². The maximum Gasteiger partial charge on any atom is 0.173 e. The quantitative estimate of drug-likeness (QED) is 0.807. The predicted octanol–water partition coefficient (Wildman–Crippen LogP) is 3.58. The number of halogens is 1. The van der Waals surface area contributed by atoms with Crippen molar-refractivity contribution in [3.63, 3.8) is 0 Å². The van der Waals surface area contributed by atoms with E-state index in [1.165, 1.54) is 23.3 Å². The Morgan fingerprint density at radius 1 is 1.05 bits per heavy atom. The lowest BCUT2D eigenvalue weighted by Crippen LogP contribution is -2.38. The molecule has 0 saturated heterocycles. The fourth-order valence-corrected chi connectivity index (χ4v) is 2.68. The van der Waals surface area contributed by atoms with Gasteiger partial charge >= 0.3 is 0 Å². The molecule has 0 spiro atoms. The third-order valence-electron chi connectivity index (χ3n) is 3.51. The van der Waals surface area contributed by atoms with E-state index >= 15 is 0 Å². The standard InChI is InChI=1S/C16H15FN2S/c17-14-5-7-15(8-6-14)18-16(20)19-10-9-12-3-1-2-4-13(12)11-19/h1-8H,9-11H2,(H,18,20). The first-order valence-corrected chi connectivity index (χ1v) is 7.01. The second-order valence-corrected chi connectivity index (χ2v) is 5.26. The molecular weight excluding hydrogens is 271 g/mol. The summed E-state index contributed by atoms with van der Waals surface area (Å²) < 4.78 is 12.9. The molecular formula is C16H15FN2S. The minimum Gasteiger partial charge on any atom is -0.344 e. The first kappa shape index (κ1) is 13.1. The summed E-state index contributed by atoms with van der Waals surface area (Å²) in [4.78, 5) is 2.14. The molecule has 0 amide bonds. The molecule has 0 aromatic heterocycles. The van der Waals surface area contributed by atoms with Gasteiger partial charge in [-0.25, -0.2) is 4.39 Å². The van der Waals surface area contributed by atoms with Crippen LogP contribution in [0.5, 0.6) is 0 Å². The van der Waals surface area contributed by atoms with Gasteiger partial charge in [-0.1, -0.05) is 24.3 Å². The van der Waals surface area contributed by atoms with Crippen LogP contribution in [-0.2, 0) is 13.0 Å². The fourth-order valence-electron chi connectivity index (χ4n) is 2.40. The Balaban J connectivity index is 1.68. The largest absolute Gasteiger partial charge is 0.344 e. The molecule has 1 aliphatic rings. The summed E-state index contributed by atoms with van der Waals surface area (Å²) in [5.74, 6) is -0.242. The van der Waals surface area contributed by atoms with E-state index in [2.05, 4.69) is 34.5 Å². The van der Waals surface area contributed by atoms with Crippen LogP contribution in [0.1, 0.15) is 11.1 Å². The van der Waals surface area contributed by atoms with Crippen LogP contribution < -0.4 is 5.32 Å². The van der Waals surface area contributed by atoms with Gasteiger partial charge in [0, 0.05) is 18.8 Å². The molecule has 4 heteroatoms. The Bertz CT molecular complexity index is 625. The normalized spacial score (nSPS) is 13.8. The number of hydrogen-bond acceptors (Lipinski definition) is 1. The predicted molar refractivity (Wildman–Crippen MR) is 83.2 cm³/mol. The Morgan fingerprint density at radius 3 is 2.50 bits per heavy atom. The van der Waals surface area contributed by atoms with Gasteiger partial charge in [-0.2, -0.15) is 0 Å². The van der Waals surface area contributed by atoms with E-state index in [0.29, 0.717) is 5.11 Å². The maximum atomic E-state index is 12.9. The molecule has 2 nitrogen and oxygen atoms in total. The SMILES string of the molecule is Fc1ccc(NC(=S)N2CCc3ccccc3C2)cc1. The van der Waals surface area contributed by atoms with Crippen molar-refractivity contribution in [1.29, 1.82) is 0 Å². The Labute approximate surface area is 123 Å². The van der Waals surface area contributed by atoms with Crippen molar-refractivity contribution in [2.24, 2.45) is 0 Å². The number of hydrogen-bond donors (Lipinski definition) is 1. The van der Waals surface area contributed by atoms with Crippen LogP contribution in [-0.4, -0.2) is 16.6 Å². The van der Waals surface area contributed by atoms with E-state index in [1.807, 2.05) is 0 Å². The topological polar surface area (TPSA) is 15.3 Å². The minimum absolute atomic E-state index is 0.242. The number of nitrogens with one attached hydrogen (secondary N) is 1. The molecule has 0 radical (unpaired) electrons. The number of benzene rings is 2. The second-order valence-electron chi connectivity index (χ2n) is 4.88. The van der Waals surface area contributed by atoms with Crippen molar-refractivity contribution in [3.8, 4) is 0 Å². The average Bonchev–Trinajstić information content (AvgIpc) is 2.49. The molecule has 0 atom stereocenters. The van der Waals surface area contributed by atoms with E-state index < -0.39 is 0 Å². The van der Waals surface area contributed by atoms with E-state index in [-0.39, 0.29) is 5.82 Å². The average molecular weight is 286 g/mol. The van der Waals surface area contributed by atoms with Crippen molar-refractivity contribution >= 4 is 23.0 Å². The van der Waals surface area contributed by atoms with Gasteiger partial charge in [0.15, 0.2) is 5.11 Å². The third-order valence-corrected chi connectivity index (χ3v) is 3.87. The summed E-state index contributed by atoms with van der Waals surface area (Å²) in [6.07, 6.45) is 1.00. The molecule has 0 aliphatic carbocycles. The minimum atomic E-state index is -0.242. The van der Waals surface area contributed by atoms with Crippen LogP contribution in [0.4, 0.5) is 10.1 Å². The summed E-state index contributed by atoms with van der Waals surface area (Å²) in [7, 11) is 0. The molecule has 102 valence electrons. The molecule has 0 bridgehead atoms. The highest BCUT2D eigenvalue weighted by atomic mass is 32.1. The number of rotatable bonds is 1. The van der Waals surface area contributed by atoms with Crippen molar-refractivity contribution in [2.75, 3.05) is 11.9 Å². The molecule has 20 heavy (non-hydrogen) atoms. The zero-order valence-corrected chi connectivity index (χ0v) is 11.8. The summed E-state index contributed by atoms with van der Waals surface area (Å²) >= 11 is 5.44. The Morgan fingerprint density at radius 2 is 1.75 bits per heavy atom. The van der Waals surface area contributed by atoms with Gasteiger partial charge in [-0.05, 0) is 54.0 Å².